The van der Waals surface area contributed by atoms with E-state index in [1.165, 1.54) is 11.3 Å². The lowest BCUT2D eigenvalue weighted by atomic mass is 9.93. The zero-order valence-electron chi connectivity index (χ0n) is 18.9. The number of amides is 2. The number of hydrogen-bond donors (Lipinski definition) is 1. The van der Waals surface area contributed by atoms with Gasteiger partial charge in [-0.25, -0.2) is 9.78 Å². The van der Waals surface area contributed by atoms with Gasteiger partial charge in [-0.1, -0.05) is 11.6 Å². The van der Waals surface area contributed by atoms with Crippen molar-refractivity contribution in [1.82, 2.24) is 9.88 Å². The number of thiazole rings is 1. The van der Waals surface area contributed by atoms with Crippen LogP contribution in [-0.2, 0) is 9.53 Å². The number of nitrogens with zero attached hydrogens (tertiary/aromatic N) is 2. The van der Waals surface area contributed by atoms with E-state index in [-0.39, 0.29) is 17.9 Å². The molecule has 168 valence electrons. The molecule has 31 heavy (non-hydrogen) atoms. The Balaban J connectivity index is 1.51. The highest BCUT2D eigenvalue weighted by molar-refractivity contribution is 7.14. The summed E-state index contributed by atoms with van der Waals surface area (Å²) >= 11 is 1.40. The zero-order chi connectivity index (χ0) is 22.6. The molecule has 0 spiro atoms. The third-order valence-electron chi connectivity index (χ3n) is 5.12. The predicted molar refractivity (Wildman–Crippen MR) is 123 cm³/mol. The van der Waals surface area contributed by atoms with Gasteiger partial charge in [-0.05, 0) is 58.6 Å². The van der Waals surface area contributed by atoms with Crippen molar-refractivity contribution in [3.05, 3.63) is 29.1 Å². The van der Waals surface area contributed by atoms with Crippen LogP contribution in [0, 0.1) is 12.8 Å². The van der Waals surface area contributed by atoms with E-state index < -0.39 is 5.60 Å². The Morgan fingerprint density at radius 1 is 1.26 bits per heavy atom. The maximum absolute atomic E-state index is 12.5. The molecule has 0 unspecified atom stereocenters. The first-order chi connectivity index (χ1) is 14.6. The first-order valence-corrected chi connectivity index (χ1v) is 11.4. The van der Waals surface area contributed by atoms with Gasteiger partial charge in [-0.2, -0.15) is 0 Å². The van der Waals surface area contributed by atoms with Crippen molar-refractivity contribution in [2.75, 3.05) is 25.5 Å². The summed E-state index contributed by atoms with van der Waals surface area (Å²) in [7, 11) is 1.64. The second-order valence-electron chi connectivity index (χ2n) is 8.90. The van der Waals surface area contributed by atoms with Gasteiger partial charge in [0.25, 0.3) is 0 Å². The molecule has 2 amide bonds. The number of rotatable bonds is 5. The molecule has 0 bridgehead atoms. The van der Waals surface area contributed by atoms with Crippen LogP contribution >= 0.6 is 11.3 Å². The molecule has 1 saturated heterocycles. The van der Waals surface area contributed by atoms with Crippen LogP contribution in [0.2, 0.25) is 0 Å². The molecule has 8 heteroatoms. The molecule has 0 radical (unpaired) electrons. The third kappa shape index (κ3) is 6.43. The lowest BCUT2D eigenvalue weighted by Crippen LogP contribution is -2.42. The summed E-state index contributed by atoms with van der Waals surface area (Å²) in [6.45, 7) is 8.83. The largest absolute Gasteiger partial charge is 0.496 e. The van der Waals surface area contributed by atoms with Gasteiger partial charge in [0.05, 0.1) is 12.8 Å². The van der Waals surface area contributed by atoms with Crippen molar-refractivity contribution in [2.45, 2.75) is 52.6 Å². The number of aromatic nitrogens is 1. The maximum atomic E-state index is 12.5. The van der Waals surface area contributed by atoms with Gasteiger partial charge in [0.2, 0.25) is 5.91 Å². The molecule has 1 N–H and O–H groups in total. The van der Waals surface area contributed by atoms with Crippen LogP contribution in [0.4, 0.5) is 9.93 Å². The number of ether oxygens (including phenoxy) is 2. The molecular formula is C23H31N3O4S. The van der Waals surface area contributed by atoms with Crippen LogP contribution in [0.15, 0.2) is 23.6 Å². The van der Waals surface area contributed by atoms with E-state index in [0.717, 1.165) is 35.4 Å². The number of methoxy groups -OCH3 is 1. The van der Waals surface area contributed by atoms with E-state index in [2.05, 4.69) is 10.3 Å². The summed E-state index contributed by atoms with van der Waals surface area (Å²) in [6, 6.07) is 5.94. The molecule has 2 heterocycles. The Kier molecular flexibility index (Phi) is 7.20. The zero-order valence-corrected chi connectivity index (χ0v) is 19.7. The van der Waals surface area contributed by atoms with Crippen molar-refractivity contribution >= 4 is 28.5 Å². The van der Waals surface area contributed by atoms with E-state index in [1.54, 1.807) is 12.0 Å². The fourth-order valence-electron chi connectivity index (χ4n) is 3.56. The Bertz CT molecular complexity index is 927. The first kappa shape index (κ1) is 23.1. The fraction of sp³-hybridized carbons (Fsp3) is 0.522. The van der Waals surface area contributed by atoms with Crippen molar-refractivity contribution in [2.24, 2.45) is 5.92 Å². The molecule has 1 aliphatic rings. The second kappa shape index (κ2) is 9.68. The average Bonchev–Trinajstić information content (AvgIpc) is 3.15. The molecule has 3 rings (SSSR count). The average molecular weight is 446 g/mol. The summed E-state index contributed by atoms with van der Waals surface area (Å²) in [5.74, 6) is 0.952. The predicted octanol–water partition coefficient (Wildman–Crippen LogP) is 5.10. The number of carbonyl (C=O) groups is 2. The van der Waals surface area contributed by atoms with Crippen LogP contribution in [0.3, 0.4) is 0 Å². The van der Waals surface area contributed by atoms with Crippen LogP contribution in [0.1, 0.15) is 45.6 Å². The van der Waals surface area contributed by atoms with Crippen LogP contribution in [-0.4, -0.2) is 47.7 Å². The van der Waals surface area contributed by atoms with Crippen molar-refractivity contribution in [3.63, 3.8) is 0 Å². The van der Waals surface area contributed by atoms with Gasteiger partial charge in [-0.3, -0.25) is 4.79 Å². The highest BCUT2D eigenvalue weighted by Gasteiger charge is 2.28. The SMILES string of the molecule is COc1ccc(C)cc1-c1csc(NC(=O)CC2CCN(C(=O)OC(C)(C)C)CC2)n1. The van der Waals surface area contributed by atoms with E-state index in [0.29, 0.717) is 24.6 Å². The van der Waals surface area contributed by atoms with Gasteiger partial charge in [0.1, 0.15) is 11.4 Å². The Labute approximate surface area is 187 Å². The fourth-order valence-corrected chi connectivity index (χ4v) is 4.28. The van der Waals surface area contributed by atoms with Crippen LogP contribution in [0.25, 0.3) is 11.3 Å². The van der Waals surface area contributed by atoms with Gasteiger partial charge in [0.15, 0.2) is 5.13 Å². The molecular weight excluding hydrogens is 414 g/mol. The highest BCUT2D eigenvalue weighted by atomic mass is 32.1. The maximum Gasteiger partial charge on any atom is 0.410 e. The third-order valence-corrected chi connectivity index (χ3v) is 5.88. The summed E-state index contributed by atoms with van der Waals surface area (Å²) in [6.07, 6.45) is 1.72. The van der Waals surface area contributed by atoms with E-state index in [4.69, 9.17) is 9.47 Å². The second-order valence-corrected chi connectivity index (χ2v) is 9.76. The molecule has 0 aliphatic carbocycles. The minimum Gasteiger partial charge on any atom is -0.496 e. The Morgan fingerprint density at radius 2 is 1.97 bits per heavy atom. The van der Waals surface area contributed by atoms with Gasteiger partial charge < -0.3 is 19.7 Å². The molecule has 2 aromatic rings. The van der Waals surface area contributed by atoms with E-state index in [1.807, 2.05) is 51.3 Å². The number of anilines is 1. The number of benzene rings is 1. The van der Waals surface area contributed by atoms with Gasteiger partial charge in [0, 0.05) is 30.5 Å². The summed E-state index contributed by atoms with van der Waals surface area (Å²) < 4.78 is 10.9. The first-order valence-electron chi connectivity index (χ1n) is 10.5. The topological polar surface area (TPSA) is 80.8 Å². The number of hydrogen-bond acceptors (Lipinski definition) is 6. The quantitative estimate of drug-likeness (QED) is 0.692. The number of likely N-dealkylation sites (tertiary alicyclic amines) is 1. The number of carbonyl (C=O) groups excluding carboxylic acids is 2. The number of aryl methyl sites for hydroxylation is 1. The highest BCUT2D eigenvalue weighted by Crippen LogP contribution is 2.33. The van der Waals surface area contributed by atoms with E-state index in [9.17, 15) is 9.59 Å². The molecule has 0 saturated carbocycles. The normalized spacial score (nSPS) is 14.9. The van der Waals surface area contributed by atoms with Gasteiger partial charge >= 0.3 is 6.09 Å². The van der Waals surface area contributed by atoms with Crippen molar-refractivity contribution < 1.29 is 19.1 Å². The van der Waals surface area contributed by atoms with Crippen LogP contribution in [0.5, 0.6) is 5.75 Å². The summed E-state index contributed by atoms with van der Waals surface area (Å²) in [5.41, 5.74) is 2.32. The summed E-state index contributed by atoms with van der Waals surface area (Å²) in [5, 5.41) is 5.42. The molecule has 1 aromatic carbocycles. The lowest BCUT2D eigenvalue weighted by Gasteiger charge is -2.33. The lowest BCUT2D eigenvalue weighted by molar-refractivity contribution is -0.117. The molecule has 1 fully saturated rings. The molecule has 1 aliphatic heterocycles. The Morgan fingerprint density at radius 3 is 2.61 bits per heavy atom. The van der Waals surface area contributed by atoms with E-state index >= 15 is 0 Å². The van der Waals surface area contributed by atoms with Crippen molar-refractivity contribution in [3.8, 4) is 17.0 Å². The monoisotopic (exact) mass is 445 g/mol. The van der Waals surface area contributed by atoms with Crippen LogP contribution < -0.4 is 10.1 Å². The summed E-state index contributed by atoms with van der Waals surface area (Å²) in [4.78, 5) is 31.0. The smallest absolute Gasteiger partial charge is 0.410 e. The molecule has 7 nitrogen and oxygen atoms in total. The minimum absolute atomic E-state index is 0.0483. The number of piperidine rings is 1. The standard InChI is InChI=1S/C23H31N3O4S/c1-15-6-7-19(29-5)17(12-15)18-14-31-21(24-18)25-20(27)13-16-8-10-26(11-9-16)22(28)30-23(2,3)4/h6-7,12,14,16H,8-11,13H2,1-5H3,(H,24,25,27). The minimum atomic E-state index is -0.497. The van der Waals surface area contributed by atoms with Crippen molar-refractivity contribution in [1.29, 1.82) is 0 Å². The molecule has 1 aromatic heterocycles. The van der Waals surface area contributed by atoms with Gasteiger partial charge in [-0.15, -0.1) is 11.3 Å². The Hall–Kier alpha value is -2.61. The molecule has 0 atom stereocenters. The number of nitrogens with one attached hydrogen (secondary N) is 1.